The van der Waals surface area contributed by atoms with Gasteiger partial charge in [-0.1, -0.05) is 72.6 Å². The molecule has 0 radical (unpaired) electrons. The Bertz CT molecular complexity index is 926. The quantitative estimate of drug-likeness (QED) is 0.496. The molecule has 2 fully saturated rings. The number of aryl methyl sites for hydroxylation is 1. The van der Waals surface area contributed by atoms with Crippen LogP contribution in [0.1, 0.15) is 43.7 Å². The van der Waals surface area contributed by atoms with Gasteiger partial charge in [-0.05, 0) is 67.8 Å². The zero-order valence-electron chi connectivity index (χ0n) is 18.4. The monoisotopic (exact) mass is 437 g/mol. The third-order valence-electron chi connectivity index (χ3n) is 6.79. The van der Waals surface area contributed by atoms with Gasteiger partial charge in [-0.15, -0.1) is 0 Å². The number of likely N-dealkylation sites (tertiary alicyclic amines) is 1. The van der Waals surface area contributed by atoms with E-state index in [-0.39, 0.29) is 5.97 Å². The maximum absolute atomic E-state index is 13.3. The minimum Gasteiger partial charge on any atom is -0.465 e. The van der Waals surface area contributed by atoms with E-state index in [1.165, 1.54) is 11.1 Å². The van der Waals surface area contributed by atoms with E-state index in [0.717, 1.165) is 62.3 Å². The fraction of sp³-hybridized carbons (Fsp3) is 0.444. The van der Waals surface area contributed by atoms with Crippen LogP contribution in [-0.2, 0) is 16.0 Å². The molecular weight excluding hydrogens is 406 g/mol. The van der Waals surface area contributed by atoms with Crippen LogP contribution in [-0.4, -0.2) is 37.1 Å². The molecule has 0 spiro atoms. The molecule has 2 bridgehead atoms. The van der Waals surface area contributed by atoms with Crippen molar-refractivity contribution < 1.29 is 9.53 Å². The SMILES string of the molecule is CCOC(=O)[C@]12CCC[C@H](CN(CCCc3ccccc3)C1)C2=Cc1ccccc1Cl. The summed E-state index contributed by atoms with van der Waals surface area (Å²) in [5.41, 5.74) is 3.05. The first-order chi connectivity index (χ1) is 15.1. The molecule has 4 rings (SSSR count). The normalized spacial score (nSPS) is 24.8. The molecule has 2 aliphatic rings. The van der Waals surface area contributed by atoms with Gasteiger partial charge >= 0.3 is 5.97 Å². The lowest BCUT2D eigenvalue weighted by atomic mass is 9.62. The summed E-state index contributed by atoms with van der Waals surface area (Å²) in [6.45, 7) is 5.07. The number of carbonyl (C=O) groups is 1. The highest BCUT2D eigenvalue weighted by Crippen LogP contribution is 2.50. The largest absolute Gasteiger partial charge is 0.465 e. The van der Waals surface area contributed by atoms with Crippen molar-refractivity contribution in [3.05, 3.63) is 76.3 Å². The van der Waals surface area contributed by atoms with Crippen LogP contribution in [0, 0.1) is 11.3 Å². The Balaban J connectivity index is 1.57. The molecule has 164 valence electrons. The molecule has 0 unspecified atom stereocenters. The van der Waals surface area contributed by atoms with Gasteiger partial charge in [0.1, 0.15) is 5.41 Å². The average molecular weight is 438 g/mol. The Labute approximate surface area is 191 Å². The zero-order chi connectivity index (χ0) is 21.7. The van der Waals surface area contributed by atoms with E-state index in [4.69, 9.17) is 16.3 Å². The van der Waals surface area contributed by atoms with Crippen molar-refractivity contribution in [3.63, 3.8) is 0 Å². The second-order valence-corrected chi connectivity index (χ2v) is 9.24. The van der Waals surface area contributed by atoms with E-state index in [9.17, 15) is 4.79 Å². The lowest BCUT2D eigenvalue weighted by molar-refractivity contribution is -0.158. The number of hydrogen-bond donors (Lipinski definition) is 0. The van der Waals surface area contributed by atoms with Crippen molar-refractivity contribution in [2.24, 2.45) is 11.3 Å². The Kier molecular flexibility index (Phi) is 7.14. The summed E-state index contributed by atoms with van der Waals surface area (Å²) in [6.07, 6.45) is 7.39. The second kappa shape index (κ2) is 10.0. The summed E-state index contributed by atoms with van der Waals surface area (Å²) in [5, 5.41) is 0.734. The van der Waals surface area contributed by atoms with Crippen LogP contribution < -0.4 is 0 Å². The molecule has 0 aromatic heterocycles. The van der Waals surface area contributed by atoms with E-state index in [1.807, 2.05) is 31.2 Å². The van der Waals surface area contributed by atoms with Crippen molar-refractivity contribution >= 4 is 23.6 Å². The molecular formula is C27H32ClNO2. The predicted molar refractivity (Wildman–Crippen MR) is 127 cm³/mol. The van der Waals surface area contributed by atoms with Crippen LogP contribution in [0.5, 0.6) is 0 Å². The highest BCUT2D eigenvalue weighted by Gasteiger charge is 2.52. The summed E-state index contributed by atoms with van der Waals surface area (Å²) in [5.74, 6) is 0.311. The topological polar surface area (TPSA) is 29.5 Å². The van der Waals surface area contributed by atoms with Gasteiger partial charge in [-0.3, -0.25) is 4.79 Å². The van der Waals surface area contributed by atoms with Gasteiger partial charge in [-0.2, -0.15) is 0 Å². The molecule has 0 N–H and O–H groups in total. The fourth-order valence-corrected chi connectivity index (χ4v) is 5.54. The third kappa shape index (κ3) is 4.88. The van der Waals surface area contributed by atoms with Crippen molar-refractivity contribution in [2.45, 2.75) is 39.0 Å². The number of halogens is 1. The molecule has 1 saturated heterocycles. The van der Waals surface area contributed by atoms with Crippen LogP contribution in [0.2, 0.25) is 5.02 Å². The second-order valence-electron chi connectivity index (χ2n) is 8.84. The average Bonchev–Trinajstić information content (AvgIpc) is 2.76. The van der Waals surface area contributed by atoms with E-state index in [1.54, 1.807) is 0 Å². The molecule has 1 aliphatic carbocycles. The van der Waals surface area contributed by atoms with Gasteiger partial charge in [0.15, 0.2) is 0 Å². The van der Waals surface area contributed by atoms with Gasteiger partial charge in [0, 0.05) is 18.1 Å². The number of esters is 1. The first kappa shape index (κ1) is 22.1. The maximum atomic E-state index is 13.3. The molecule has 2 atom stereocenters. The van der Waals surface area contributed by atoms with Gasteiger partial charge in [0.25, 0.3) is 0 Å². The zero-order valence-corrected chi connectivity index (χ0v) is 19.1. The summed E-state index contributed by atoms with van der Waals surface area (Å²) < 4.78 is 5.64. The molecule has 31 heavy (non-hydrogen) atoms. The van der Waals surface area contributed by atoms with Crippen LogP contribution in [0.3, 0.4) is 0 Å². The highest BCUT2D eigenvalue weighted by atomic mass is 35.5. The molecule has 0 amide bonds. The van der Waals surface area contributed by atoms with E-state index < -0.39 is 5.41 Å². The predicted octanol–water partition coefficient (Wildman–Crippen LogP) is 6.02. The van der Waals surface area contributed by atoms with Crippen molar-refractivity contribution in [1.82, 2.24) is 4.90 Å². The number of rotatable bonds is 7. The molecule has 4 heteroatoms. The molecule has 1 heterocycles. The number of ether oxygens (including phenoxy) is 1. The minimum absolute atomic E-state index is 0.0641. The standard InChI is InChI=1S/C27H32ClNO2/c1-2-31-26(30)27-16-8-14-23(24(27)18-22-13-6-7-15-25(22)28)19-29(20-27)17-9-12-21-10-4-3-5-11-21/h3-7,10-11,13,15,18,23H,2,8-9,12,14,16-17,19-20H2,1H3/t23-,27-/m1/s1. The number of fused-ring (bicyclic) bond motifs is 2. The molecule has 1 saturated carbocycles. The molecule has 2 aromatic rings. The summed E-state index contributed by atoms with van der Waals surface area (Å²) in [7, 11) is 0. The van der Waals surface area contributed by atoms with Crippen LogP contribution in [0.15, 0.2) is 60.2 Å². The fourth-order valence-electron chi connectivity index (χ4n) is 5.35. The first-order valence-corrected chi connectivity index (χ1v) is 11.9. The maximum Gasteiger partial charge on any atom is 0.317 e. The van der Waals surface area contributed by atoms with Gasteiger partial charge in [0.2, 0.25) is 0 Å². The Hall–Kier alpha value is -2.10. The van der Waals surface area contributed by atoms with E-state index in [2.05, 4.69) is 41.3 Å². The molecule has 1 aliphatic heterocycles. The molecule has 3 nitrogen and oxygen atoms in total. The minimum atomic E-state index is -0.552. The number of piperidine rings is 1. The number of nitrogens with zero attached hydrogens (tertiary/aromatic N) is 1. The number of carbonyl (C=O) groups excluding carboxylic acids is 1. The van der Waals surface area contributed by atoms with Crippen molar-refractivity contribution in [2.75, 3.05) is 26.2 Å². The highest BCUT2D eigenvalue weighted by molar-refractivity contribution is 6.32. The van der Waals surface area contributed by atoms with Gasteiger partial charge < -0.3 is 9.64 Å². The number of benzene rings is 2. The van der Waals surface area contributed by atoms with Gasteiger partial charge in [-0.25, -0.2) is 0 Å². The summed E-state index contributed by atoms with van der Waals surface area (Å²) in [4.78, 5) is 15.8. The Morgan fingerprint density at radius 3 is 2.74 bits per heavy atom. The van der Waals surface area contributed by atoms with Crippen LogP contribution in [0.25, 0.3) is 6.08 Å². The van der Waals surface area contributed by atoms with E-state index >= 15 is 0 Å². The number of hydrogen-bond acceptors (Lipinski definition) is 3. The van der Waals surface area contributed by atoms with Crippen molar-refractivity contribution in [1.29, 1.82) is 0 Å². The third-order valence-corrected chi connectivity index (χ3v) is 7.13. The first-order valence-electron chi connectivity index (χ1n) is 11.5. The Morgan fingerprint density at radius 1 is 1.19 bits per heavy atom. The van der Waals surface area contributed by atoms with Crippen LogP contribution in [0.4, 0.5) is 0 Å². The summed E-state index contributed by atoms with van der Waals surface area (Å²) in [6, 6.07) is 18.5. The summed E-state index contributed by atoms with van der Waals surface area (Å²) >= 11 is 6.47. The van der Waals surface area contributed by atoms with Gasteiger partial charge in [0.05, 0.1) is 6.61 Å². The lowest BCUT2D eigenvalue weighted by Gasteiger charge is -2.50. The lowest BCUT2D eigenvalue weighted by Crippen LogP contribution is -2.55. The van der Waals surface area contributed by atoms with E-state index in [0.29, 0.717) is 12.5 Å². The van der Waals surface area contributed by atoms with Crippen LogP contribution >= 0.6 is 11.6 Å². The van der Waals surface area contributed by atoms with Crippen molar-refractivity contribution in [3.8, 4) is 0 Å². The Morgan fingerprint density at radius 2 is 1.97 bits per heavy atom. The molecule has 2 aromatic carbocycles. The smallest absolute Gasteiger partial charge is 0.317 e.